The van der Waals surface area contributed by atoms with Gasteiger partial charge < -0.3 is 14.4 Å². The van der Waals surface area contributed by atoms with Gasteiger partial charge in [0, 0.05) is 18.5 Å². The molecule has 122 valence electrons. The van der Waals surface area contributed by atoms with Crippen molar-refractivity contribution >= 4 is 5.91 Å². The Morgan fingerprint density at radius 2 is 2.09 bits per heavy atom. The number of carbonyl (C=O) groups excluding carboxylic acids is 1. The summed E-state index contributed by atoms with van der Waals surface area (Å²) in [6.07, 6.45) is 6.72. The van der Waals surface area contributed by atoms with Crippen LogP contribution in [-0.4, -0.2) is 35.6 Å². The maximum atomic E-state index is 12.5. The summed E-state index contributed by atoms with van der Waals surface area (Å²) in [5, 5.41) is 9.99. The van der Waals surface area contributed by atoms with E-state index < -0.39 is 0 Å². The average Bonchev–Trinajstić information content (AvgIpc) is 3.15. The van der Waals surface area contributed by atoms with E-state index in [1.165, 1.54) is 18.1 Å². The molecule has 3 rings (SSSR count). The number of hydrogen-bond donors (Lipinski definition) is 1. The zero-order valence-corrected chi connectivity index (χ0v) is 13.3. The van der Waals surface area contributed by atoms with E-state index in [-0.39, 0.29) is 17.9 Å². The van der Waals surface area contributed by atoms with Crippen molar-refractivity contribution in [2.24, 2.45) is 5.41 Å². The zero-order chi connectivity index (χ0) is 16.1. The molecule has 1 saturated heterocycles. The van der Waals surface area contributed by atoms with Gasteiger partial charge in [0.15, 0.2) is 0 Å². The van der Waals surface area contributed by atoms with Crippen molar-refractivity contribution in [3.8, 4) is 0 Å². The molecule has 1 aromatic carbocycles. The van der Waals surface area contributed by atoms with Crippen LogP contribution < -0.4 is 0 Å². The minimum absolute atomic E-state index is 0.00372. The van der Waals surface area contributed by atoms with Gasteiger partial charge in [-0.15, -0.1) is 0 Å². The van der Waals surface area contributed by atoms with Gasteiger partial charge in [0.25, 0.3) is 5.91 Å². The molecule has 2 heterocycles. The normalized spacial score (nSPS) is 21.3. The molecule has 1 aromatic heterocycles. The van der Waals surface area contributed by atoms with Crippen molar-refractivity contribution < 1.29 is 14.3 Å². The monoisotopic (exact) mass is 313 g/mol. The first kappa shape index (κ1) is 15.8. The van der Waals surface area contributed by atoms with Crippen LogP contribution in [0.3, 0.4) is 0 Å². The molecule has 2 aromatic rings. The van der Waals surface area contributed by atoms with Crippen LogP contribution in [-0.2, 0) is 6.42 Å². The highest BCUT2D eigenvalue weighted by Crippen LogP contribution is 2.35. The topological polar surface area (TPSA) is 53.7 Å². The maximum Gasteiger partial charge on any atom is 0.257 e. The van der Waals surface area contributed by atoms with Crippen LogP contribution in [0.25, 0.3) is 0 Å². The number of hydrogen-bond acceptors (Lipinski definition) is 3. The molecule has 0 spiro atoms. The summed E-state index contributed by atoms with van der Waals surface area (Å²) in [5.74, 6) is -0.00372. The average molecular weight is 313 g/mol. The predicted molar refractivity (Wildman–Crippen MR) is 88.1 cm³/mol. The number of piperidine rings is 1. The van der Waals surface area contributed by atoms with Gasteiger partial charge in [-0.3, -0.25) is 4.79 Å². The van der Waals surface area contributed by atoms with Crippen molar-refractivity contribution in [2.75, 3.05) is 19.7 Å². The molecule has 0 saturated carbocycles. The highest BCUT2D eigenvalue weighted by atomic mass is 16.3. The molecule has 0 aliphatic carbocycles. The summed E-state index contributed by atoms with van der Waals surface area (Å²) in [5.41, 5.74) is 1.66. The van der Waals surface area contributed by atoms with Gasteiger partial charge in [0.1, 0.15) is 6.26 Å². The van der Waals surface area contributed by atoms with E-state index in [9.17, 15) is 9.90 Å². The number of nitrogens with zero attached hydrogens (tertiary/aromatic N) is 1. The lowest BCUT2D eigenvalue weighted by Crippen LogP contribution is -2.48. The van der Waals surface area contributed by atoms with E-state index in [0.717, 1.165) is 32.2 Å². The number of likely N-dealkylation sites (tertiary alicyclic amines) is 1. The lowest BCUT2D eigenvalue weighted by molar-refractivity contribution is 0.0227. The SMILES string of the molecule is O=C(c1ccoc1)N1CCC[C@@](CO)(CCc2ccccc2)C1. The van der Waals surface area contributed by atoms with E-state index >= 15 is 0 Å². The number of furan rings is 1. The third-order valence-corrected chi connectivity index (χ3v) is 4.84. The molecule has 4 heteroatoms. The number of aliphatic hydroxyl groups excluding tert-OH is 1. The summed E-state index contributed by atoms with van der Waals surface area (Å²) in [6, 6.07) is 12.0. The number of aryl methyl sites for hydroxylation is 1. The van der Waals surface area contributed by atoms with E-state index in [1.807, 2.05) is 23.1 Å². The summed E-state index contributed by atoms with van der Waals surface area (Å²) >= 11 is 0. The third kappa shape index (κ3) is 3.64. The summed E-state index contributed by atoms with van der Waals surface area (Å²) in [7, 11) is 0. The Morgan fingerprint density at radius 3 is 2.78 bits per heavy atom. The van der Waals surface area contributed by atoms with E-state index in [1.54, 1.807) is 6.07 Å². The lowest BCUT2D eigenvalue weighted by atomic mass is 9.76. The Morgan fingerprint density at radius 1 is 1.26 bits per heavy atom. The first-order valence-electron chi connectivity index (χ1n) is 8.19. The Kier molecular flexibility index (Phi) is 4.82. The molecule has 23 heavy (non-hydrogen) atoms. The second-order valence-corrected chi connectivity index (χ2v) is 6.49. The number of rotatable bonds is 5. The van der Waals surface area contributed by atoms with Gasteiger partial charge in [-0.05, 0) is 37.3 Å². The van der Waals surface area contributed by atoms with Crippen LogP contribution in [0.15, 0.2) is 53.3 Å². The fourth-order valence-corrected chi connectivity index (χ4v) is 3.42. The van der Waals surface area contributed by atoms with E-state index in [2.05, 4.69) is 12.1 Å². The van der Waals surface area contributed by atoms with Crippen LogP contribution in [0.1, 0.15) is 35.2 Å². The molecule has 0 radical (unpaired) electrons. The highest BCUT2D eigenvalue weighted by Gasteiger charge is 2.36. The summed E-state index contributed by atoms with van der Waals surface area (Å²) < 4.78 is 5.01. The van der Waals surface area contributed by atoms with Crippen LogP contribution >= 0.6 is 0 Å². The highest BCUT2D eigenvalue weighted by molar-refractivity contribution is 5.93. The molecule has 1 amide bonds. The smallest absolute Gasteiger partial charge is 0.257 e. The fourth-order valence-electron chi connectivity index (χ4n) is 3.42. The van der Waals surface area contributed by atoms with Crippen LogP contribution in [0.2, 0.25) is 0 Å². The van der Waals surface area contributed by atoms with Gasteiger partial charge in [0.05, 0.1) is 18.4 Å². The molecular formula is C19H23NO3. The van der Waals surface area contributed by atoms with E-state index in [4.69, 9.17) is 4.42 Å². The molecule has 0 bridgehead atoms. The van der Waals surface area contributed by atoms with Crippen LogP contribution in [0, 0.1) is 5.41 Å². The zero-order valence-electron chi connectivity index (χ0n) is 13.3. The number of benzene rings is 1. The largest absolute Gasteiger partial charge is 0.472 e. The van der Waals surface area contributed by atoms with Gasteiger partial charge in [-0.2, -0.15) is 0 Å². The van der Waals surface area contributed by atoms with Crippen molar-refractivity contribution in [1.29, 1.82) is 0 Å². The first-order chi connectivity index (χ1) is 11.2. The number of amides is 1. The van der Waals surface area contributed by atoms with Crippen molar-refractivity contribution in [3.05, 3.63) is 60.1 Å². The third-order valence-electron chi connectivity index (χ3n) is 4.84. The predicted octanol–water partition coefficient (Wildman–Crippen LogP) is 3.13. The molecule has 1 aliphatic heterocycles. The van der Waals surface area contributed by atoms with Gasteiger partial charge in [0.2, 0.25) is 0 Å². The van der Waals surface area contributed by atoms with Crippen molar-refractivity contribution in [1.82, 2.24) is 4.90 Å². The minimum Gasteiger partial charge on any atom is -0.472 e. The Bertz CT molecular complexity index is 623. The standard InChI is InChI=1S/C19H23NO3/c21-15-19(10-7-16-5-2-1-3-6-16)9-4-11-20(14-19)18(22)17-8-12-23-13-17/h1-3,5-6,8,12-13,21H,4,7,9-11,14-15H2/t19-/m1/s1. The van der Waals surface area contributed by atoms with Crippen LogP contribution in [0.4, 0.5) is 0 Å². The van der Waals surface area contributed by atoms with Crippen LogP contribution in [0.5, 0.6) is 0 Å². The summed E-state index contributed by atoms with van der Waals surface area (Å²) in [4.78, 5) is 14.4. The molecule has 0 unspecified atom stereocenters. The maximum absolute atomic E-state index is 12.5. The Labute approximate surface area is 136 Å². The molecule has 1 atom stereocenters. The number of aliphatic hydroxyl groups is 1. The summed E-state index contributed by atoms with van der Waals surface area (Å²) in [6.45, 7) is 1.48. The fraction of sp³-hybridized carbons (Fsp3) is 0.421. The van der Waals surface area contributed by atoms with Gasteiger partial charge in [-0.25, -0.2) is 0 Å². The number of carbonyl (C=O) groups is 1. The molecule has 1 fully saturated rings. The Hall–Kier alpha value is -2.07. The molecule has 1 aliphatic rings. The van der Waals surface area contributed by atoms with Crippen molar-refractivity contribution in [2.45, 2.75) is 25.7 Å². The quantitative estimate of drug-likeness (QED) is 0.922. The van der Waals surface area contributed by atoms with Gasteiger partial charge in [-0.1, -0.05) is 30.3 Å². The van der Waals surface area contributed by atoms with Gasteiger partial charge >= 0.3 is 0 Å². The van der Waals surface area contributed by atoms with E-state index in [0.29, 0.717) is 12.1 Å². The first-order valence-corrected chi connectivity index (χ1v) is 8.19. The van der Waals surface area contributed by atoms with Crippen molar-refractivity contribution in [3.63, 3.8) is 0 Å². The second kappa shape index (κ2) is 7.01. The molecule has 1 N–H and O–H groups in total. The molecular weight excluding hydrogens is 290 g/mol. The minimum atomic E-state index is -0.201. The second-order valence-electron chi connectivity index (χ2n) is 6.49. The Balaban J connectivity index is 1.67. The molecule has 4 nitrogen and oxygen atoms in total. The lowest BCUT2D eigenvalue weighted by Gasteiger charge is -2.42.